The van der Waals surface area contributed by atoms with Crippen LogP contribution in [-0.4, -0.2) is 36.2 Å². The molecule has 2 atom stereocenters. The van der Waals surface area contributed by atoms with Gasteiger partial charge in [-0.1, -0.05) is 20.3 Å². The minimum atomic E-state index is -0.830. The zero-order valence-corrected chi connectivity index (χ0v) is 16.6. The summed E-state index contributed by atoms with van der Waals surface area (Å²) in [4.78, 5) is 36.7. The molecule has 0 bridgehead atoms. The van der Waals surface area contributed by atoms with Gasteiger partial charge in [-0.25, -0.2) is 9.59 Å². The van der Waals surface area contributed by atoms with Gasteiger partial charge in [0.05, 0.1) is 6.61 Å². The summed E-state index contributed by atoms with van der Waals surface area (Å²) in [6, 6.07) is -0.830. The molecular weight excluding hydrogens is 324 g/mol. The number of allylic oxidation sites excluding steroid dienone is 1. The Morgan fingerprint density at radius 2 is 1.64 bits per heavy atom. The van der Waals surface area contributed by atoms with Crippen molar-refractivity contribution >= 4 is 18.0 Å². The third-order valence-corrected chi connectivity index (χ3v) is 3.40. The molecule has 0 heterocycles. The Bertz CT molecular complexity index is 516. The van der Waals surface area contributed by atoms with Gasteiger partial charge in [0.1, 0.15) is 17.3 Å². The van der Waals surface area contributed by atoms with Crippen LogP contribution < -0.4 is 10.6 Å². The highest BCUT2D eigenvalue weighted by atomic mass is 16.6. The number of amides is 2. The third-order valence-electron chi connectivity index (χ3n) is 3.40. The second kappa shape index (κ2) is 10.1. The molecule has 0 aromatic heterocycles. The molecule has 0 aliphatic heterocycles. The van der Waals surface area contributed by atoms with Gasteiger partial charge in [-0.15, -0.1) is 0 Å². The van der Waals surface area contributed by atoms with Crippen molar-refractivity contribution < 1.29 is 23.9 Å². The van der Waals surface area contributed by atoms with Crippen molar-refractivity contribution in [1.29, 1.82) is 0 Å². The Kier molecular flexibility index (Phi) is 9.23. The number of hydrogen-bond donors (Lipinski definition) is 2. The van der Waals surface area contributed by atoms with E-state index in [1.54, 1.807) is 41.5 Å². The molecule has 0 aromatic carbocycles. The topological polar surface area (TPSA) is 93.7 Å². The maximum Gasteiger partial charge on any atom is 0.408 e. The van der Waals surface area contributed by atoms with Crippen LogP contribution in [0.5, 0.6) is 0 Å². The first-order chi connectivity index (χ1) is 11.4. The molecule has 7 nitrogen and oxygen atoms in total. The zero-order chi connectivity index (χ0) is 19.8. The summed E-state index contributed by atoms with van der Waals surface area (Å²) in [5.41, 5.74) is 0.0365. The minimum absolute atomic E-state index is 0.0890. The second-order valence-electron chi connectivity index (χ2n) is 7.09. The number of nitrogens with one attached hydrogen (secondary N) is 2. The van der Waals surface area contributed by atoms with Crippen LogP contribution in [0.15, 0.2) is 11.3 Å². The standard InChI is InChI=1S/C18H32N2O5/c1-9-12(5)14(20-17(23)25-18(6,7)8)15(21)19-13(11(3)4)16(22)24-10-2/h12,14H,9-10H2,1-8H3,(H,19,21)(H,20,23)/t12-,14-/m0/s1. The number of carbonyl (C=O) groups excluding carboxylic acids is 3. The number of alkyl carbamates (subject to hydrolysis) is 1. The summed E-state index contributed by atoms with van der Waals surface area (Å²) >= 11 is 0. The van der Waals surface area contributed by atoms with E-state index in [-0.39, 0.29) is 18.2 Å². The van der Waals surface area contributed by atoms with Crippen LogP contribution in [0, 0.1) is 5.92 Å². The van der Waals surface area contributed by atoms with Crippen molar-refractivity contribution in [3.05, 3.63) is 11.3 Å². The van der Waals surface area contributed by atoms with Crippen LogP contribution >= 0.6 is 0 Å². The third kappa shape index (κ3) is 8.56. The van der Waals surface area contributed by atoms with E-state index in [2.05, 4.69) is 10.6 Å². The molecule has 0 aliphatic carbocycles. The molecule has 0 radical (unpaired) electrons. The van der Waals surface area contributed by atoms with Gasteiger partial charge in [-0.05, 0) is 53.0 Å². The van der Waals surface area contributed by atoms with Gasteiger partial charge in [0.15, 0.2) is 0 Å². The van der Waals surface area contributed by atoms with Crippen LogP contribution in [-0.2, 0) is 19.1 Å². The average Bonchev–Trinajstić information content (AvgIpc) is 2.47. The number of esters is 1. The molecule has 0 aliphatic rings. The van der Waals surface area contributed by atoms with E-state index >= 15 is 0 Å². The molecule has 7 heteroatoms. The molecule has 2 amide bonds. The fourth-order valence-corrected chi connectivity index (χ4v) is 1.92. The molecule has 0 saturated carbocycles. The number of hydrogen-bond acceptors (Lipinski definition) is 5. The monoisotopic (exact) mass is 356 g/mol. The van der Waals surface area contributed by atoms with Crippen LogP contribution in [0.25, 0.3) is 0 Å². The highest BCUT2D eigenvalue weighted by molar-refractivity contribution is 5.96. The zero-order valence-electron chi connectivity index (χ0n) is 16.6. The summed E-state index contributed by atoms with van der Waals surface area (Å²) in [5, 5.41) is 5.17. The lowest BCUT2D eigenvalue weighted by Gasteiger charge is -2.26. The fraction of sp³-hybridized carbons (Fsp3) is 0.722. The molecule has 144 valence electrons. The molecule has 2 N–H and O–H groups in total. The van der Waals surface area contributed by atoms with Crippen molar-refractivity contribution in [3.8, 4) is 0 Å². The fourth-order valence-electron chi connectivity index (χ4n) is 1.92. The van der Waals surface area contributed by atoms with Crippen molar-refractivity contribution in [2.75, 3.05) is 6.61 Å². The van der Waals surface area contributed by atoms with Gasteiger partial charge in [-0.3, -0.25) is 4.79 Å². The molecule has 0 unspecified atom stereocenters. The molecule has 0 rings (SSSR count). The lowest BCUT2D eigenvalue weighted by atomic mass is 9.98. The van der Waals surface area contributed by atoms with Gasteiger partial charge in [0.25, 0.3) is 0 Å². The van der Waals surface area contributed by atoms with Crippen LogP contribution in [0.2, 0.25) is 0 Å². The quantitative estimate of drug-likeness (QED) is 0.540. The first-order valence-corrected chi connectivity index (χ1v) is 8.57. The van der Waals surface area contributed by atoms with Gasteiger partial charge in [-0.2, -0.15) is 0 Å². The molecule has 0 fully saturated rings. The summed E-state index contributed by atoms with van der Waals surface area (Å²) in [6.07, 6.45) is -0.0138. The smallest absolute Gasteiger partial charge is 0.408 e. The SMILES string of the molecule is CCOC(=O)C(NC(=O)[C@@H](NC(=O)OC(C)(C)C)[C@@H](C)CC)=C(C)C. The van der Waals surface area contributed by atoms with Gasteiger partial charge in [0.2, 0.25) is 5.91 Å². The second-order valence-corrected chi connectivity index (χ2v) is 7.09. The molecule has 25 heavy (non-hydrogen) atoms. The van der Waals surface area contributed by atoms with Gasteiger partial charge < -0.3 is 20.1 Å². The Morgan fingerprint density at radius 3 is 2.04 bits per heavy atom. The van der Waals surface area contributed by atoms with Crippen molar-refractivity contribution in [3.63, 3.8) is 0 Å². The van der Waals surface area contributed by atoms with Crippen LogP contribution in [0.4, 0.5) is 4.79 Å². The first kappa shape index (κ1) is 22.9. The average molecular weight is 356 g/mol. The van der Waals surface area contributed by atoms with E-state index in [4.69, 9.17) is 9.47 Å². The van der Waals surface area contributed by atoms with Crippen molar-refractivity contribution in [2.24, 2.45) is 5.92 Å². The van der Waals surface area contributed by atoms with Crippen molar-refractivity contribution in [2.45, 2.75) is 73.5 Å². The summed E-state index contributed by atoms with van der Waals surface area (Å²) in [6.45, 7) is 14.3. The maximum atomic E-state index is 12.6. The van der Waals surface area contributed by atoms with Crippen LogP contribution in [0.1, 0.15) is 61.8 Å². The number of rotatable bonds is 7. The van der Waals surface area contributed by atoms with E-state index in [1.165, 1.54) is 0 Å². The number of carbonyl (C=O) groups is 3. The predicted octanol–water partition coefficient (Wildman–Crippen LogP) is 2.90. The Morgan fingerprint density at radius 1 is 1.08 bits per heavy atom. The number of ether oxygens (including phenoxy) is 2. The lowest BCUT2D eigenvalue weighted by Crippen LogP contribution is -2.51. The predicted molar refractivity (Wildman–Crippen MR) is 95.8 cm³/mol. The van der Waals surface area contributed by atoms with E-state index in [0.717, 1.165) is 0 Å². The van der Waals surface area contributed by atoms with Crippen LogP contribution in [0.3, 0.4) is 0 Å². The molecule has 0 spiro atoms. The Labute approximate surface area is 150 Å². The highest BCUT2D eigenvalue weighted by Gasteiger charge is 2.30. The minimum Gasteiger partial charge on any atom is -0.461 e. The summed E-state index contributed by atoms with van der Waals surface area (Å²) in [5.74, 6) is -1.23. The van der Waals surface area contributed by atoms with E-state index < -0.39 is 29.6 Å². The summed E-state index contributed by atoms with van der Waals surface area (Å²) < 4.78 is 10.2. The molecular formula is C18H32N2O5. The van der Waals surface area contributed by atoms with Crippen molar-refractivity contribution in [1.82, 2.24) is 10.6 Å². The Balaban J connectivity index is 5.27. The maximum absolute atomic E-state index is 12.6. The van der Waals surface area contributed by atoms with Gasteiger partial charge >= 0.3 is 12.1 Å². The first-order valence-electron chi connectivity index (χ1n) is 8.57. The molecule has 0 saturated heterocycles. The Hall–Kier alpha value is -2.05. The molecule has 0 aromatic rings. The van der Waals surface area contributed by atoms with E-state index in [0.29, 0.717) is 12.0 Å². The van der Waals surface area contributed by atoms with Gasteiger partial charge in [0, 0.05) is 0 Å². The largest absolute Gasteiger partial charge is 0.461 e. The highest BCUT2D eigenvalue weighted by Crippen LogP contribution is 2.12. The lowest BCUT2D eigenvalue weighted by molar-refractivity contribution is -0.140. The van der Waals surface area contributed by atoms with E-state index in [1.807, 2.05) is 13.8 Å². The summed E-state index contributed by atoms with van der Waals surface area (Å²) in [7, 11) is 0. The normalized spacial score (nSPS) is 13.3. The van der Waals surface area contributed by atoms with E-state index in [9.17, 15) is 14.4 Å².